The van der Waals surface area contributed by atoms with Gasteiger partial charge in [-0.05, 0) is 62.6 Å². The van der Waals surface area contributed by atoms with Crippen LogP contribution in [0.15, 0.2) is 35.3 Å². The number of hydrogen-bond donors (Lipinski definition) is 2. The Kier molecular flexibility index (Phi) is 6.20. The van der Waals surface area contributed by atoms with Crippen LogP contribution in [0.4, 0.5) is 0 Å². The summed E-state index contributed by atoms with van der Waals surface area (Å²) in [6.45, 7) is 7.71. The molecule has 0 aliphatic heterocycles. The molecule has 3 heteroatoms. The molecule has 0 radical (unpaired) electrons. The van der Waals surface area contributed by atoms with E-state index >= 15 is 0 Å². The first-order valence-electron chi connectivity index (χ1n) is 8.41. The molecule has 3 rings (SSSR count). The van der Waals surface area contributed by atoms with Crippen LogP contribution in [0.3, 0.4) is 0 Å². The SMILES string of the molecule is CCNC1CCC(C)CC1.Cc1ccc2c(=O)[nH]ccc2c1. The second-order valence-electron chi connectivity index (χ2n) is 6.41. The van der Waals surface area contributed by atoms with Crippen LogP contribution in [0.2, 0.25) is 0 Å². The molecule has 0 unspecified atom stereocenters. The molecule has 2 N–H and O–H groups in total. The Morgan fingerprint density at radius 1 is 1.18 bits per heavy atom. The van der Waals surface area contributed by atoms with Gasteiger partial charge in [0.1, 0.15) is 0 Å². The molecule has 2 aromatic rings. The summed E-state index contributed by atoms with van der Waals surface area (Å²) in [5.74, 6) is 0.981. The van der Waals surface area contributed by atoms with E-state index in [9.17, 15) is 4.79 Å². The fourth-order valence-corrected chi connectivity index (χ4v) is 3.06. The van der Waals surface area contributed by atoms with E-state index in [4.69, 9.17) is 0 Å². The standard InChI is InChI=1S/C10H9NO.C9H19N/c1-7-2-3-9-8(6-7)4-5-11-10(9)12;1-3-10-9-6-4-8(2)5-7-9/h2-6H,1H3,(H,11,12);8-10H,3-7H2,1-2H3. The molecule has 1 aromatic carbocycles. The van der Waals surface area contributed by atoms with Gasteiger partial charge in [-0.3, -0.25) is 4.79 Å². The van der Waals surface area contributed by atoms with Crippen molar-refractivity contribution in [2.24, 2.45) is 5.92 Å². The number of benzene rings is 1. The molecule has 0 amide bonds. The second kappa shape index (κ2) is 8.14. The first-order valence-corrected chi connectivity index (χ1v) is 8.41. The summed E-state index contributed by atoms with van der Waals surface area (Å²) in [7, 11) is 0. The third-order valence-corrected chi connectivity index (χ3v) is 4.44. The number of hydrogen-bond acceptors (Lipinski definition) is 2. The molecule has 1 heterocycles. The fraction of sp³-hybridized carbons (Fsp3) is 0.526. The van der Waals surface area contributed by atoms with Gasteiger partial charge in [0.15, 0.2) is 0 Å². The summed E-state index contributed by atoms with van der Waals surface area (Å²) in [4.78, 5) is 13.9. The van der Waals surface area contributed by atoms with Crippen molar-refractivity contribution in [3.63, 3.8) is 0 Å². The normalized spacial score (nSPS) is 21.2. The lowest BCUT2D eigenvalue weighted by atomic mass is 9.87. The zero-order valence-electron chi connectivity index (χ0n) is 14.0. The monoisotopic (exact) mass is 300 g/mol. The fourth-order valence-electron chi connectivity index (χ4n) is 3.06. The molecule has 22 heavy (non-hydrogen) atoms. The van der Waals surface area contributed by atoms with Gasteiger partial charge in [0.05, 0.1) is 0 Å². The van der Waals surface area contributed by atoms with E-state index in [-0.39, 0.29) is 5.56 Å². The van der Waals surface area contributed by atoms with E-state index in [0.717, 1.165) is 29.3 Å². The van der Waals surface area contributed by atoms with Gasteiger partial charge >= 0.3 is 0 Å². The second-order valence-corrected chi connectivity index (χ2v) is 6.41. The van der Waals surface area contributed by atoms with E-state index in [1.54, 1.807) is 6.20 Å². The molecule has 120 valence electrons. The molecule has 1 aliphatic carbocycles. The van der Waals surface area contributed by atoms with Gasteiger partial charge in [-0.15, -0.1) is 0 Å². The number of aryl methyl sites for hydroxylation is 1. The molecule has 1 aromatic heterocycles. The van der Waals surface area contributed by atoms with Gasteiger partial charge < -0.3 is 10.3 Å². The Morgan fingerprint density at radius 3 is 2.59 bits per heavy atom. The third-order valence-electron chi connectivity index (χ3n) is 4.44. The van der Waals surface area contributed by atoms with Crippen molar-refractivity contribution >= 4 is 10.8 Å². The highest BCUT2D eigenvalue weighted by molar-refractivity contribution is 5.81. The van der Waals surface area contributed by atoms with E-state index in [0.29, 0.717) is 0 Å². The van der Waals surface area contributed by atoms with Crippen LogP contribution >= 0.6 is 0 Å². The Labute approximate surface area is 133 Å². The minimum absolute atomic E-state index is 0.0208. The lowest BCUT2D eigenvalue weighted by Crippen LogP contribution is -2.32. The Hall–Kier alpha value is -1.61. The average Bonchev–Trinajstić information content (AvgIpc) is 2.50. The van der Waals surface area contributed by atoms with Crippen LogP contribution in [0.1, 0.15) is 45.1 Å². The van der Waals surface area contributed by atoms with Gasteiger partial charge in [-0.1, -0.05) is 31.5 Å². The van der Waals surface area contributed by atoms with Crippen LogP contribution in [0.5, 0.6) is 0 Å². The van der Waals surface area contributed by atoms with E-state index in [2.05, 4.69) is 24.1 Å². The Balaban J connectivity index is 0.000000164. The summed E-state index contributed by atoms with van der Waals surface area (Å²) >= 11 is 0. The molecule has 0 saturated heterocycles. The highest BCUT2D eigenvalue weighted by atomic mass is 16.1. The first-order chi connectivity index (χ1) is 10.6. The van der Waals surface area contributed by atoms with E-state index in [1.165, 1.54) is 31.2 Å². The number of fused-ring (bicyclic) bond motifs is 1. The van der Waals surface area contributed by atoms with Crippen molar-refractivity contribution < 1.29 is 0 Å². The maximum absolute atomic E-state index is 11.2. The lowest BCUT2D eigenvalue weighted by molar-refractivity contribution is 0.311. The molecule has 0 atom stereocenters. The van der Waals surface area contributed by atoms with Crippen molar-refractivity contribution in [2.45, 2.75) is 52.5 Å². The number of nitrogens with one attached hydrogen (secondary N) is 2. The van der Waals surface area contributed by atoms with Gasteiger partial charge in [0.25, 0.3) is 5.56 Å². The number of aromatic amines is 1. The zero-order chi connectivity index (χ0) is 15.9. The van der Waals surface area contributed by atoms with Crippen LogP contribution in [-0.2, 0) is 0 Å². The molecule has 1 fully saturated rings. The van der Waals surface area contributed by atoms with Crippen LogP contribution < -0.4 is 10.9 Å². The first kappa shape index (κ1) is 16.8. The summed E-state index contributed by atoms with van der Waals surface area (Å²) in [6, 6.07) is 8.54. The third kappa shape index (κ3) is 4.70. The van der Waals surface area contributed by atoms with E-state index < -0.39 is 0 Å². The lowest BCUT2D eigenvalue weighted by Gasteiger charge is -2.26. The molecule has 1 aliphatic rings. The highest BCUT2D eigenvalue weighted by Gasteiger charge is 2.16. The maximum Gasteiger partial charge on any atom is 0.255 e. The summed E-state index contributed by atoms with van der Waals surface area (Å²) in [5.41, 5.74) is 1.15. The molecule has 0 bridgehead atoms. The van der Waals surface area contributed by atoms with Crippen molar-refractivity contribution in [1.29, 1.82) is 0 Å². The number of aromatic nitrogens is 1. The van der Waals surface area contributed by atoms with Gasteiger partial charge in [-0.2, -0.15) is 0 Å². The summed E-state index contributed by atoms with van der Waals surface area (Å²) in [6.07, 6.45) is 7.32. The van der Waals surface area contributed by atoms with E-state index in [1.807, 2.05) is 31.2 Å². The van der Waals surface area contributed by atoms with Crippen LogP contribution in [0, 0.1) is 12.8 Å². The number of rotatable bonds is 2. The smallest absolute Gasteiger partial charge is 0.255 e. The number of pyridine rings is 1. The summed E-state index contributed by atoms with van der Waals surface area (Å²) in [5, 5.41) is 5.26. The molecule has 3 nitrogen and oxygen atoms in total. The van der Waals surface area contributed by atoms with Gasteiger partial charge in [0, 0.05) is 17.6 Å². The van der Waals surface area contributed by atoms with Gasteiger partial charge in [0.2, 0.25) is 0 Å². The molecular formula is C19H28N2O. The van der Waals surface area contributed by atoms with Crippen LogP contribution in [-0.4, -0.2) is 17.6 Å². The average molecular weight is 300 g/mol. The Bertz CT molecular complexity index is 639. The van der Waals surface area contributed by atoms with Crippen molar-refractivity contribution in [1.82, 2.24) is 10.3 Å². The minimum Gasteiger partial charge on any atom is -0.329 e. The molecular weight excluding hydrogens is 272 g/mol. The molecule has 0 spiro atoms. The zero-order valence-corrected chi connectivity index (χ0v) is 14.0. The van der Waals surface area contributed by atoms with Crippen molar-refractivity contribution in [3.8, 4) is 0 Å². The largest absolute Gasteiger partial charge is 0.329 e. The predicted octanol–water partition coefficient (Wildman–Crippen LogP) is 4.01. The Morgan fingerprint density at radius 2 is 1.91 bits per heavy atom. The maximum atomic E-state index is 11.2. The topological polar surface area (TPSA) is 44.9 Å². The van der Waals surface area contributed by atoms with Gasteiger partial charge in [-0.25, -0.2) is 0 Å². The predicted molar refractivity (Wildman–Crippen MR) is 94.4 cm³/mol. The van der Waals surface area contributed by atoms with Crippen molar-refractivity contribution in [3.05, 3.63) is 46.4 Å². The highest BCUT2D eigenvalue weighted by Crippen LogP contribution is 2.23. The van der Waals surface area contributed by atoms with Crippen molar-refractivity contribution in [2.75, 3.05) is 6.54 Å². The molecule has 1 saturated carbocycles. The van der Waals surface area contributed by atoms with Crippen LogP contribution in [0.25, 0.3) is 10.8 Å². The minimum atomic E-state index is -0.0208. The summed E-state index contributed by atoms with van der Waals surface area (Å²) < 4.78 is 0. The quantitative estimate of drug-likeness (QED) is 0.880. The number of H-pyrrole nitrogens is 1.